The molecule has 6 heteroatoms. The SMILES string of the molecule is N#Cc1cc(Br)ccc1Nc1ncc(N)s1. The number of halogens is 1. The maximum atomic E-state index is 8.97. The number of nitrogens with one attached hydrogen (secondary N) is 1. The summed E-state index contributed by atoms with van der Waals surface area (Å²) in [5.74, 6) is 0. The number of thiazole rings is 1. The van der Waals surface area contributed by atoms with Crippen LogP contribution in [0.15, 0.2) is 28.9 Å². The molecule has 0 amide bonds. The van der Waals surface area contributed by atoms with Crippen molar-refractivity contribution in [1.82, 2.24) is 4.98 Å². The van der Waals surface area contributed by atoms with Gasteiger partial charge in [-0.1, -0.05) is 27.3 Å². The van der Waals surface area contributed by atoms with Crippen LogP contribution in [-0.4, -0.2) is 4.98 Å². The highest BCUT2D eigenvalue weighted by Gasteiger charge is 2.05. The van der Waals surface area contributed by atoms with Crippen LogP contribution >= 0.6 is 27.3 Å². The van der Waals surface area contributed by atoms with E-state index in [4.69, 9.17) is 11.0 Å². The summed E-state index contributed by atoms with van der Waals surface area (Å²) < 4.78 is 0.869. The standard InChI is InChI=1S/C10H7BrN4S/c11-7-1-2-8(6(3-7)4-12)15-10-14-5-9(13)16-10/h1-3,5H,13H2,(H,14,15). The molecule has 0 fully saturated rings. The highest BCUT2D eigenvalue weighted by Crippen LogP contribution is 2.27. The number of aromatic nitrogens is 1. The maximum Gasteiger partial charge on any atom is 0.189 e. The molecule has 0 aliphatic heterocycles. The number of nitriles is 1. The molecule has 0 unspecified atom stereocenters. The van der Waals surface area contributed by atoms with E-state index >= 15 is 0 Å². The Bertz CT molecular complexity index is 558. The van der Waals surface area contributed by atoms with Crippen molar-refractivity contribution in [2.75, 3.05) is 11.1 Å². The Morgan fingerprint density at radius 1 is 1.50 bits per heavy atom. The van der Waals surface area contributed by atoms with Crippen LogP contribution in [0, 0.1) is 11.3 Å². The third-order valence-electron chi connectivity index (χ3n) is 1.87. The van der Waals surface area contributed by atoms with E-state index in [1.165, 1.54) is 11.3 Å². The van der Waals surface area contributed by atoms with Gasteiger partial charge >= 0.3 is 0 Å². The molecule has 1 heterocycles. The van der Waals surface area contributed by atoms with Gasteiger partial charge in [-0.3, -0.25) is 0 Å². The van der Waals surface area contributed by atoms with Crippen LogP contribution in [0.25, 0.3) is 0 Å². The van der Waals surface area contributed by atoms with Gasteiger partial charge in [-0.25, -0.2) is 4.98 Å². The molecule has 2 rings (SSSR count). The zero-order chi connectivity index (χ0) is 11.5. The highest BCUT2D eigenvalue weighted by molar-refractivity contribution is 9.10. The lowest BCUT2D eigenvalue weighted by Gasteiger charge is -2.04. The molecule has 4 nitrogen and oxygen atoms in total. The quantitative estimate of drug-likeness (QED) is 0.892. The monoisotopic (exact) mass is 294 g/mol. The van der Waals surface area contributed by atoms with Crippen molar-refractivity contribution < 1.29 is 0 Å². The molecule has 3 N–H and O–H groups in total. The first kappa shape index (κ1) is 10.9. The number of rotatable bonds is 2. The van der Waals surface area contributed by atoms with Crippen LogP contribution in [0.2, 0.25) is 0 Å². The van der Waals surface area contributed by atoms with Crippen LogP contribution in [0.3, 0.4) is 0 Å². The molecule has 0 saturated heterocycles. The van der Waals surface area contributed by atoms with E-state index in [0.29, 0.717) is 15.7 Å². The first-order valence-electron chi connectivity index (χ1n) is 4.37. The number of anilines is 3. The number of hydrogen-bond acceptors (Lipinski definition) is 5. The number of hydrogen-bond donors (Lipinski definition) is 2. The average Bonchev–Trinajstić information content (AvgIpc) is 2.67. The molecule has 0 atom stereocenters. The molecular weight excluding hydrogens is 288 g/mol. The van der Waals surface area contributed by atoms with Gasteiger partial charge < -0.3 is 11.1 Å². The molecule has 0 spiro atoms. The van der Waals surface area contributed by atoms with Crippen molar-refractivity contribution in [2.45, 2.75) is 0 Å². The van der Waals surface area contributed by atoms with Gasteiger partial charge in [0.25, 0.3) is 0 Å². The molecule has 16 heavy (non-hydrogen) atoms. The number of nitrogens with two attached hydrogens (primary N) is 1. The van der Waals surface area contributed by atoms with Crippen molar-refractivity contribution in [2.24, 2.45) is 0 Å². The molecule has 0 bridgehead atoms. The minimum atomic E-state index is 0.558. The predicted octanol–water partition coefficient (Wildman–Crippen LogP) is 3.10. The second-order valence-corrected chi connectivity index (χ2v) is 4.97. The maximum absolute atomic E-state index is 8.97. The van der Waals surface area contributed by atoms with Crippen molar-refractivity contribution in [1.29, 1.82) is 5.26 Å². The smallest absolute Gasteiger partial charge is 0.189 e. The Balaban J connectivity index is 2.31. The molecule has 0 saturated carbocycles. The van der Waals surface area contributed by atoms with Gasteiger partial charge in [0.15, 0.2) is 5.13 Å². The zero-order valence-electron chi connectivity index (χ0n) is 8.07. The molecular formula is C10H7BrN4S. The second-order valence-electron chi connectivity index (χ2n) is 2.99. The summed E-state index contributed by atoms with van der Waals surface area (Å²) in [6, 6.07) is 7.55. The summed E-state index contributed by atoms with van der Waals surface area (Å²) in [5.41, 5.74) is 6.85. The van der Waals surface area contributed by atoms with Crippen LogP contribution in [0.5, 0.6) is 0 Å². The number of nitrogens with zero attached hydrogens (tertiary/aromatic N) is 2. The van der Waals surface area contributed by atoms with Gasteiger partial charge in [0.05, 0.1) is 17.4 Å². The van der Waals surface area contributed by atoms with E-state index in [2.05, 4.69) is 32.3 Å². The van der Waals surface area contributed by atoms with Crippen molar-refractivity contribution in [3.05, 3.63) is 34.4 Å². The first-order valence-corrected chi connectivity index (χ1v) is 5.98. The van der Waals surface area contributed by atoms with Gasteiger partial charge in [0.1, 0.15) is 11.1 Å². The van der Waals surface area contributed by atoms with E-state index in [0.717, 1.165) is 10.2 Å². The third-order valence-corrected chi connectivity index (χ3v) is 3.10. The van der Waals surface area contributed by atoms with Gasteiger partial charge in [0, 0.05) is 4.47 Å². The van der Waals surface area contributed by atoms with E-state index in [9.17, 15) is 0 Å². The fraction of sp³-hybridized carbons (Fsp3) is 0. The average molecular weight is 295 g/mol. The fourth-order valence-electron chi connectivity index (χ4n) is 1.18. The van der Waals surface area contributed by atoms with Crippen LogP contribution in [-0.2, 0) is 0 Å². The highest BCUT2D eigenvalue weighted by atomic mass is 79.9. The van der Waals surface area contributed by atoms with Gasteiger partial charge in [-0.05, 0) is 18.2 Å². The predicted molar refractivity (Wildman–Crippen MR) is 68.7 cm³/mol. The zero-order valence-corrected chi connectivity index (χ0v) is 10.5. The number of nitrogen functional groups attached to an aromatic ring is 1. The Morgan fingerprint density at radius 2 is 2.31 bits per heavy atom. The number of benzene rings is 1. The molecule has 0 radical (unpaired) electrons. The lowest BCUT2D eigenvalue weighted by Crippen LogP contribution is -1.92. The summed E-state index contributed by atoms with van der Waals surface area (Å²) in [6.07, 6.45) is 1.58. The fourth-order valence-corrected chi connectivity index (χ4v) is 2.13. The normalized spacial score (nSPS) is 9.75. The molecule has 1 aromatic heterocycles. The third kappa shape index (κ3) is 2.32. The van der Waals surface area contributed by atoms with E-state index in [1.54, 1.807) is 12.3 Å². The first-order chi connectivity index (χ1) is 7.69. The Kier molecular flexibility index (Phi) is 3.08. The van der Waals surface area contributed by atoms with Crippen molar-refractivity contribution in [3.63, 3.8) is 0 Å². The van der Waals surface area contributed by atoms with Gasteiger partial charge in [-0.2, -0.15) is 5.26 Å². The largest absolute Gasteiger partial charge is 0.389 e. The topological polar surface area (TPSA) is 74.7 Å². The van der Waals surface area contributed by atoms with E-state index in [1.807, 2.05) is 12.1 Å². The molecule has 0 aliphatic rings. The summed E-state index contributed by atoms with van der Waals surface area (Å²) >= 11 is 4.66. The summed E-state index contributed by atoms with van der Waals surface area (Å²) in [5, 5.41) is 13.3. The lowest BCUT2D eigenvalue weighted by molar-refractivity contribution is 1.38. The Morgan fingerprint density at radius 3 is 2.94 bits per heavy atom. The Labute approximate surface area is 105 Å². The molecule has 80 valence electrons. The van der Waals surface area contributed by atoms with Crippen LogP contribution in [0.4, 0.5) is 15.8 Å². The van der Waals surface area contributed by atoms with Crippen molar-refractivity contribution in [3.8, 4) is 6.07 Å². The summed E-state index contributed by atoms with van der Waals surface area (Å²) in [7, 11) is 0. The minimum Gasteiger partial charge on any atom is -0.389 e. The summed E-state index contributed by atoms with van der Waals surface area (Å²) in [6.45, 7) is 0. The molecule has 1 aromatic carbocycles. The van der Waals surface area contributed by atoms with Gasteiger partial charge in [-0.15, -0.1) is 0 Å². The minimum absolute atomic E-state index is 0.558. The molecule has 2 aromatic rings. The second kappa shape index (κ2) is 4.51. The van der Waals surface area contributed by atoms with E-state index in [-0.39, 0.29) is 0 Å². The van der Waals surface area contributed by atoms with Crippen LogP contribution in [0.1, 0.15) is 5.56 Å². The van der Waals surface area contributed by atoms with Crippen molar-refractivity contribution >= 4 is 43.1 Å². The summed E-state index contributed by atoms with van der Waals surface area (Å²) in [4.78, 5) is 4.07. The van der Waals surface area contributed by atoms with E-state index < -0.39 is 0 Å². The Hall–Kier alpha value is -1.58. The van der Waals surface area contributed by atoms with Crippen LogP contribution < -0.4 is 11.1 Å². The van der Waals surface area contributed by atoms with Gasteiger partial charge in [0.2, 0.25) is 0 Å². The lowest BCUT2D eigenvalue weighted by atomic mass is 10.2. The molecule has 0 aliphatic carbocycles.